The number of benzene rings is 1. The summed E-state index contributed by atoms with van der Waals surface area (Å²) in [7, 11) is -3.43. The lowest BCUT2D eigenvalue weighted by Crippen LogP contribution is -2.29. The van der Waals surface area contributed by atoms with Gasteiger partial charge < -0.3 is 5.32 Å². The molecule has 1 aromatic rings. The van der Waals surface area contributed by atoms with Crippen LogP contribution < -0.4 is 10.0 Å². The Labute approximate surface area is 128 Å². The summed E-state index contributed by atoms with van der Waals surface area (Å²) >= 11 is 0. The SMILES string of the molecule is CCCNCc1cccc(S(=O)(=O)NC2CC2(C)C)c1C. The summed E-state index contributed by atoms with van der Waals surface area (Å²) in [5.41, 5.74) is 1.97. The summed E-state index contributed by atoms with van der Waals surface area (Å²) in [6, 6.07) is 5.56. The maximum Gasteiger partial charge on any atom is 0.241 e. The number of hydrogen-bond acceptors (Lipinski definition) is 3. The van der Waals surface area contributed by atoms with Crippen molar-refractivity contribution in [2.24, 2.45) is 5.41 Å². The molecule has 1 fully saturated rings. The second-order valence-electron chi connectivity index (χ2n) is 6.58. The van der Waals surface area contributed by atoms with Gasteiger partial charge in [0.05, 0.1) is 4.90 Å². The molecule has 1 aliphatic carbocycles. The molecule has 0 saturated heterocycles. The molecule has 21 heavy (non-hydrogen) atoms. The minimum Gasteiger partial charge on any atom is -0.313 e. The molecular weight excluding hydrogens is 284 g/mol. The van der Waals surface area contributed by atoms with Crippen LogP contribution >= 0.6 is 0 Å². The first-order valence-corrected chi connectivity index (χ1v) is 9.08. The van der Waals surface area contributed by atoms with Crippen molar-refractivity contribution >= 4 is 10.0 Å². The zero-order valence-corrected chi connectivity index (χ0v) is 14.2. The van der Waals surface area contributed by atoms with Gasteiger partial charge in [0.1, 0.15) is 0 Å². The van der Waals surface area contributed by atoms with Gasteiger partial charge in [0, 0.05) is 12.6 Å². The molecule has 1 saturated carbocycles. The summed E-state index contributed by atoms with van der Waals surface area (Å²) in [6.07, 6.45) is 1.97. The third-order valence-electron chi connectivity index (χ3n) is 4.24. The molecule has 0 radical (unpaired) electrons. The van der Waals surface area contributed by atoms with Crippen molar-refractivity contribution in [3.63, 3.8) is 0 Å². The second kappa shape index (κ2) is 6.07. The summed E-state index contributed by atoms with van der Waals surface area (Å²) < 4.78 is 27.9. The van der Waals surface area contributed by atoms with E-state index in [1.807, 2.05) is 19.1 Å². The number of hydrogen-bond donors (Lipinski definition) is 2. The lowest BCUT2D eigenvalue weighted by atomic mass is 10.1. The summed E-state index contributed by atoms with van der Waals surface area (Å²) in [5, 5.41) is 3.32. The highest BCUT2D eigenvalue weighted by Gasteiger charge is 2.48. The molecule has 1 unspecified atom stereocenters. The Morgan fingerprint density at radius 3 is 2.57 bits per heavy atom. The van der Waals surface area contributed by atoms with Crippen LogP contribution in [-0.4, -0.2) is 21.0 Å². The highest BCUT2D eigenvalue weighted by atomic mass is 32.2. The molecule has 1 aliphatic rings. The monoisotopic (exact) mass is 310 g/mol. The molecule has 0 heterocycles. The highest BCUT2D eigenvalue weighted by Crippen LogP contribution is 2.45. The van der Waals surface area contributed by atoms with E-state index in [1.165, 1.54) is 0 Å². The average molecular weight is 310 g/mol. The molecule has 0 aliphatic heterocycles. The first kappa shape index (κ1) is 16.5. The quantitative estimate of drug-likeness (QED) is 0.761. The molecule has 0 amide bonds. The Bertz CT molecular complexity index is 609. The zero-order valence-electron chi connectivity index (χ0n) is 13.4. The molecule has 0 bridgehead atoms. The molecule has 5 heteroatoms. The molecule has 1 aromatic carbocycles. The fraction of sp³-hybridized carbons (Fsp3) is 0.625. The van der Waals surface area contributed by atoms with Gasteiger partial charge in [-0.25, -0.2) is 13.1 Å². The molecule has 2 N–H and O–H groups in total. The van der Waals surface area contributed by atoms with Gasteiger partial charge in [0.2, 0.25) is 10.0 Å². The van der Waals surface area contributed by atoms with E-state index in [2.05, 4.69) is 30.8 Å². The van der Waals surface area contributed by atoms with Crippen LogP contribution in [0.5, 0.6) is 0 Å². The van der Waals surface area contributed by atoms with Gasteiger partial charge in [0.15, 0.2) is 0 Å². The lowest BCUT2D eigenvalue weighted by molar-refractivity contribution is 0.554. The van der Waals surface area contributed by atoms with Crippen molar-refractivity contribution < 1.29 is 8.42 Å². The van der Waals surface area contributed by atoms with Crippen LogP contribution in [0.4, 0.5) is 0 Å². The van der Waals surface area contributed by atoms with Crippen molar-refractivity contribution in [3.05, 3.63) is 29.3 Å². The van der Waals surface area contributed by atoms with Gasteiger partial charge in [-0.2, -0.15) is 0 Å². The second-order valence-corrected chi connectivity index (χ2v) is 8.27. The summed E-state index contributed by atoms with van der Waals surface area (Å²) in [6.45, 7) is 9.80. The van der Waals surface area contributed by atoms with Crippen LogP contribution in [0.15, 0.2) is 23.1 Å². The fourth-order valence-electron chi connectivity index (χ4n) is 2.46. The molecule has 2 rings (SSSR count). The number of nitrogens with one attached hydrogen (secondary N) is 2. The summed E-state index contributed by atoms with van der Waals surface area (Å²) in [5.74, 6) is 0. The number of rotatable bonds is 7. The van der Waals surface area contributed by atoms with Gasteiger partial charge in [-0.3, -0.25) is 0 Å². The molecule has 118 valence electrons. The van der Waals surface area contributed by atoms with E-state index < -0.39 is 10.0 Å². The average Bonchev–Trinajstić information content (AvgIpc) is 2.97. The van der Waals surface area contributed by atoms with Crippen LogP contribution in [0.2, 0.25) is 0 Å². The zero-order chi connectivity index (χ0) is 15.7. The molecule has 0 aromatic heterocycles. The van der Waals surface area contributed by atoms with Crippen LogP contribution in [0.25, 0.3) is 0 Å². The van der Waals surface area contributed by atoms with Crippen molar-refractivity contribution in [2.75, 3.05) is 6.54 Å². The van der Waals surface area contributed by atoms with Crippen molar-refractivity contribution in [3.8, 4) is 0 Å². The third-order valence-corrected chi connectivity index (χ3v) is 5.85. The van der Waals surface area contributed by atoms with Crippen LogP contribution in [-0.2, 0) is 16.6 Å². The Morgan fingerprint density at radius 2 is 2.00 bits per heavy atom. The maximum atomic E-state index is 12.5. The minimum atomic E-state index is -3.43. The van der Waals surface area contributed by atoms with Crippen molar-refractivity contribution in [1.82, 2.24) is 10.0 Å². The molecule has 0 spiro atoms. The summed E-state index contributed by atoms with van der Waals surface area (Å²) in [4.78, 5) is 0.404. The topological polar surface area (TPSA) is 58.2 Å². The van der Waals surface area contributed by atoms with E-state index in [9.17, 15) is 8.42 Å². The minimum absolute atomic E-state index is 0.0590. The molecular formula is C16H26N2O2S. The van der Waals surface area contributed by atoms with Crippen LogP contribution in [0.1, 0.15) is 44.7 Å². The maximum absolute atomic E-state index is 12.5. The van der Waals surface area contributed by atoms with E-state index >= 15 is 0 Å². The third kappa shape index (κ3) is 3.84. The fourth-order valence-corrected chi connectivity index (χ4v) is 4.16. The largest absolute Gasteiger partial charge is 0.313 e. The van der Waals surface area contributed by atoms with Gasteiger partial charge in [-0.05, 0) is 48.9 Å². The first-order valence-electron chi connectivity index (χ1n) is 7.59. The van der Waals surface area contributed by atoms with E-state index in [0.29, 0.717) is 11.4 Å². The van der Waals surface area contributed by atoms with Gasteiger partial charge >= 0.3 is 0 Å². The standard InChI is InChI=1S/C16H26N2O2S/c1-5-9-17-11-13-7-6-8-14(12(13)2)21(19,20)18-15-10-16(15,3)4/h6-8,15,17-18H,5,9-11H2,1-4H3. The Hall–Kier alpha value is -0.910. The van der Waals surface area contributed by atoms with Crippen LogP contribution in [0, 0.1) is 12.3 Å². The van der Waals surface area contributed by atoms with Crippen molar-refractivity contribution in [2.45, 2.75) is 58.0 Å². The highest BCUT2D eigenvalue weighted by molar-refractivity contribution is 7.89. The predicted molar refractivity (Wildman–Crippen MR) is 85.7 cm³/mol. The van der Waals surface area contributed by atoms with Gasteiger partial charge in [0.25, 0.3) is 0 Å². The lowest BCUT2D eigenvalue weighted by Gasteiger charge is -2.14. The predicted octanol–water partition coefficient (Wildman–Crippen LogP) is 2.57. The Kier molecular flexibility index (Phi) is 4.76. The van der Waals surface area contributed by atoms with Gasteiger partial charge in [-0.1, -0.05) is 32.9 Å². The molecule has 4 nitrogen and oxygen atoms in total. The van der Waals surface area contributed by atoms with Gasteiger partial charge in [-0.15, -0.1) is 0 Å². The van der Waals surface area contributed by atoms with E-state index in [-0.39, 0.29) is 11.5 Å². The first-order chi connectivity index (χ1) is 9.78. The smallest absolute Gasteiger partial charge is 0.241 e. The van der Waals surface area contributed by atoms with E-state index in [0.717, 1.165) is 30.5 Å². The number of sulfonamides is 1. The normalized spacial score (nSPS) is 20.5. The van der Waals surface area contributed by atoms with Crippen LogP contribution in [0.3, 0.4) is 0 Å². The van der Waals surface area contributed by atoms with Crippen molar-refractivity contribution in [1.29, 1.82) is 0 Å². The Morgan fingerprint density at radius 1 is 1.33 bits per heavy atom. The Balaban J connectivity index is 2.17. The van der Waals surface area contributed by atoms with E-state index in [4.69, 9.17) is 0 Å². The molecule has 1 atom stereocenters. The van der Waals surface area contributed by atoms with E-state index in [1.54, 1.807) is 6.07 Å².